The zero-order chi connectivity index (χ0) is 18.6. The Bertz CT molecular complexity index is 1070. The number of sulfonamides is 1. The lowest BCUT2D eigenvalue weighted by atomic mass is 10.1. The van der Waals surface area contributed by atoms with Gasteiger partial charge in [0.25, 0.3) is 0 Å². The molecule has 0 radical (unpaired) electrons. The van der Waals surface area contributed by atoms with E-state index in [-0.39, 0.29) is 11.4 Å². The Balaban J connectivity index is 1.70. The lowest BCUT2D eigenvalue weighted by molar-refractivity contribution is 0.583. The third-order valence-corrected chi connectivity index (χ3v) is 5.42. The highest BCUT2D eigenvalue weighted by Crippen LogP contribution is 2.25. The number of aromatic nitrogens is 1. The molecule has 7 heteroatoms. The van der Waals surface area contributed by atoms with E-state index in [1.54, 1.807) is 24.3 Å². The minimum atomic E-state index is -3.56. The number of rotatable bonds is 6. The van der Waals surface area contributed by atoms with Crippen molar-refractivity contribution in [2.45, 2.75) is 11.8 Å². The predicted octanol–water partition coefficient (Wildman–Crippen LogP) is 2.81. The molecule has 0 saturated heterocycles. The van der Waals surface area contributed by atoms with Gasteiger partial charge in [0, 0.05) is 24.7 Å². The normalized spacial score (nSPS) is 11.2. The fraction of sp³-hybridized carbons (Fsp3) is 0.158. The molecule has 0 aliphatic heterocycles. The molecule has 2 N–H and O–H groups in total. The number of hydrogen-bond donors (Lipinski definition) is 2. The van der Waals surface area contributed by atoms with Crippen molar-refractivity contribution < 1.29 is 8.42 Å². The second-order valence-corrected chi connectivity index (χ2v) is 7.58. The summed E-state index contributed by atoms with van der Waals surface area (Å²) in [6.45, 7) is 2.44. The minimum absolute atomic E-state index is 0.192. The van der Waals surface area contributed by atoms with Crippen molar-refractivity contribution in [1.82, 2.24) is 9.71 Å². The molecule has 0 aliphatic carbocycles. The molecule has 0 aliphatic rings. The highest BCUT2D eigenvalue weighted by Gasteiger charge is 2.13. The Morgan fingerprint density at radius 2 is 1.81 bits per heavy atom. The summed E-state index contributed by atoms with van der Waals surface area (Å²) < 4.78 is 27.1. The van der Waals surface area contributed by atoms with Gasteiger partial charge in [-0.3, -0.25) is 4.98 Å². The SMILES string of the molecule is Cc1ccc(S(=O)(=O)NCCNc2c(C#N)cnc3ccccc23)cc1. The first-order chi connectivity index (χ1) is 12.5. The molecular weight excluding hydrogens is 348 g/mol. The maximum absolute atomic E-state index is 12.3. The van der Waals surface area contributed by atoms with Crippen LogP contribution in [0.5, 0.6) is 0 Å². The number of hydrogen-bond acceptors (Lipinski definition) is 5. The summed E-state index contributed by atoms with van der Waals surface area (Å²) in [6.07, 6.45) is 1.52. The van der Waals surface area contributed by atoms with Crippen LogP contribution in [0.25, 0.3) is 10.9 Å². The van der Waals surface area contributed by atoms with Crippen LogP contribution in [0, 0.1) is 18.3 Å². The summed E-state index contributed by atoms with van der Waals surface area (Å²) >= 11 is 0. The molecule has 3 rings (SSSR count). The Kier molecular flexibility index (Phi) is 5.16. The third-order valence-electron chi connectivity index (χ3n) is 3.95. The summed E-state index contributed by atoms with van der Waals surface area (Å²) in [5.41, 5.74) is 2.85. The van der Waals surface area contributed by atoms with E-state index in [0.29, 0.717) is 17.8 Å². The van der Waals surface area contributed by atoms with E-state index < -0.39 is 10.0 Å². The maximum atomic E-state index is 12.3. The summed E-state index contributed by atoms with van der Waals surface area (Å²) in [6, 6.07) is 16.3. The van der Waals surface area contributed by atoms with Crippen LogP contribution in [-0.2, 0) is 10.0 Å². The van der Waals surface area contributed by atoms with E-state index >= 15 is 0 Å². The van der Waals surface area contributed by atoms with Crippen LogP contribution in [0.2, 0.25) is 0 Å². The summed E-state index contributed by atoms with van der Waals surface area (Å²) in [7, 11) is -3.56. The Morgan fingerprint density at radius 1 is 1.08 bits per heavy atom. The van der Waals surface area contributed by atoms with Gasteiger partial charge < -0.3 is 5.32 Å². The van der Waals surface area contributed by atoms with Gasteiger partial charge in [0.2, 0.25) is 10.0 Å². The van der Waals surface area contributed by atoms with E-state index in [9.17, 15) is 13.7 Å². The average Bonchev–Trinajstić information content (AvgIpc) is 2.65. The van der Waals surface area contributed by atoms with E-state index in [1.807, 2.05) is 31.2 Å². The molecule has 0 unspecified atom stereocenters. The lowest BCUT2D eigenvalue weighted by Crippen LogP contribution is -2.29. The molecule has 1 heterocycles. The molecule has 0 amide bonds. The third kappa shape index (κ3) is 3.82. The van der Waals surface area contributed by atoms with Crippen molar-refractivity contribution in [3.05, 3.63) is 65.9 Å². The van der Waals surface area contributed by atoms with Crippen LogP contribution in [0.4, 0.5) is 5.69 Å². The number of para-hydroxylation sites is 1. The van der Waals surface area contributed by atoms with Gasteiger partial charge in [-0.1, -0.05) is 35.9 Å². The van der Waals surface area contributed by atoms with Gasteiger partial charge in [-0.2, -0.15) is 5.26 Å². The first-order valence-electron chi connectivity index (χ1n) is 8.09. The van der Waals surface area contributed by atoms with Crippen LogP contribution in [0.1, 0.15) is 11.1 Å². The zero-order valence-electron chi connectivity index (χ0n) is 14.2. The molecule has 1 aromatic heterocycles. The van der Waals surface area contributed by atoms with Crippen LogP contribution in [0.3, 0.4) is 0 Å². The molecule has 0 fully saturated rings. The molecule has 2 aromatic carbocycles. The van der Waals surface area contributed by atoms with Crippen molar-refractivity contribution in [2.24, 2.45) is 0 Å². The van der Waals surface area contributed by atoms with Gasteiger partial charge >= 0.3 is 0 Å². The molecular formula is C19H18N4O2S. The summed E-state index contributed by atoms with van der Waals surface area (Å²) in [5, 5.41) is 13.3. The van der Waals surface area contributed by atoms with E-state index in [4.69, 9.17) is 0 Å². The number of nitrogens with one attached hydrogen (secondary N) is 2. The largest absolute Gasteiger partial charge is 0.382 e. The smallest absolute Gasteiger partial charge is 0.240 e. The van der Waals surface area contributed by atoms with Crippen molar-refractivity contribution in [1.29, 1.82) is 5.26 Å². The number of fused-ring (bicyclic) bond motifs is 1. The van der Waals surface area contributed by atoms with Gasteiger partial charge in [0.1, 0.15) is 6.07 Å². The number of nitrogens with zero attached hydrogens (tertiary/aromatic N) is 2. The summed E-state index contributed by atoms with van der Waals surface area (Å²) in [4.78, 5) is 4.48. The van der Waals surface area contributed by atoms with E-state index in [0.717, 1.165) is 16.5 Å². The van der Waals surface area contributed by atoms with Gasteiger partial charge in [-0.15, -0.1) is 0 Å². The fourth-order valence-electron chi connectivity index (χ4n) is 2.59. The Hall–Kier alpha value is -2.95. The molecule has 3 aromatic rings. The highest BCUT2D eigenvalue weighted by molar-refractivity contribution is 7.89. The van der Waals surface area contributed by atoms with E-state index in [2.05, 4.69) is 21.1 Å². The molecule has 0 saturated carbocycles. The van der Waals surface area contributed by atoms with Crippen molar-refractivity contribution in [3.8, 4) is 6.07 Å². The molecule has 0 atom stereocenters. The highest BCUT2D eigenvalue weighted by atomic mass is 32.2. The second kappa shape index (κ2) is 7.52. The van der Waals surface area contributed by atoms with Gasteiger partial charge in [0.15, 0.2) is 0 Å². The maximum Gasteiger partial charge on any atom is 0.240 e. The number of nitriles is 1. The fourth-order valence-corrected chi connectivity index (χ4v) is 3.62. The van der Waals surface area contributed by atoms with Crippen LogP contribution in [0.15, 0.2) is 59.6 Å². The number of aryl methyl sites for hydroxylation is 1. The van der Waals surface area contributed by atoms with Crippen molar-refractivity contribution in [3.63, 3.8) is 0 Å². The van der Waals surface area contributed by atoms with Gasteiger partial charge in [-0.05, 0) is 25.1 Å². The van der Waals surface area contributed by atoms with Crippen molar-refractivity contribution >= 4 is 26.6 Å². The minimum Gasteiger partial charge on any atom is -0.382 e. The quantitative estimate of drug-likeness (QED) is 0.654. The van der Waals surface area contributed by atoms with Gasteiger partial charge in [-0.25, -0.2) is 13.1 Å². The average molecular weight is 366 g/mol. The Labute approximate surface area is 152 Å². The molecule has 6 nitrogen and oxygen atoms in total. The monoisotopic (exact) mass is 366 g/mol. The summed E-state index contributed by atoms with van der Waals surface area (Å²) in [5.74, 6) is 0. The molecule has 132 valence electrons. The number of benzene rings is 2. The zero-order valence-corrected chi connectivity index (χ0v) is 15.0. The first kappa shape index (κ1) is 17.9. The van der Waals surface area contributed by atoms with Gasteiger partial charge in [0.05, 0.1) is 21.7 Å². The number of anilines is 1. The van der Waals surface area contributed by atoms with Crippen LogP contribution >= 0.6 is 0 Å². The van der Waals surface area contributed by atoms with Crippen LogP contribution in [-0.4, -0.2) is 26.5 Å². The van der Waals surface area contributed by atoms with Crippen LogP contribution < -0.4 is 10.0 Å². The standard InChI is InChI=1S/C19H18N4O2S/c1-14-6-8-16(9-7-14)26(24,25)23-11-10-21-19-15(12-20)13-22-18-5-3-2-4-17(18)19/h2-9,13,23H,10-11H2,1H3,(H,21,22). The lowest BCUT2D eigenvalue weighted by Gasteiger charge is -2.12. The molecule has 0 bridgehead atoms. The number of pyridine rings is 1. The second-order valence-electron chi connectivity index (χ2n) is 5.81. The predicted molar refractivity (Wildman–Crippen MR) is 101 cm³/mol. The molecule has 0 spiro atoms. The van der Waals surface area contributed by atoms with Crippen molar-refractivity contribution in [2.75, 3.05) is 18.4 Å². The Morgan fingerprint density at radius 3 is 2.54 bits per heavy atom. The molecule has 26 heavy (non-hydrogen) atoms. The topological polar surface area (TPSA) is 94.9 Å². The van der Waals surface area contributed by atoms with E-state index in [1.165, 1.54) is 6.20 Å². The first-order valence-corrected chi connectivity index (χ1v) is 9.57.